The van der Waals surface area contributed by atoms with E-state index in [0.717, 1.165) is 0 Å². The van der Waals surface area contributed by atoms with Crippen molar-refractivity contribution in [2.24, 2.45) is 5.11 Å². The van der Waals surface area contributed by atoms with Crippen molar-refractivity contribution in [3.05, 3.63) is 86.5 Å². The highest BCUT2D eigenvalue weighted by atomic mass is 35.5. The molecule has 1 atom stereocenters. The summed E-state index contributed by atoms with van der Waals surface area (Å²) in [5, 5.41) is 7.49. The van der Waals surface area contributed by atoms with Crippen LogP contribution in [0.4, 0.5) is 16.4 Å². The lowest BCUT2D eigenvalue weighted by Crippen LogP contribution is -2.18. The molecule has 1 heterocycles. The third-order valence-electron chi connectivity index (χ3n) is 4.32. The van der Waals surface area contributed by atoms with E-state index in [2.05, 4.69) is 25.3 Å². The number of anilines is 1. The standard InChI is InChI=1S/C22H20Cl2N6O4/c1-13(2)34-22(31)33-12-32-18-8-7-14(23)11-16(18)20(28-21-26-9-4-10-27-21)15-5-3-6-17(19(15)24)29-30-25/h3-11,13,20H,12H2,1-2H3,(H,26,27,28). The largest absolute Gasteiger partial charge is 0.511 e. The van der Waals surface area contributed by atoms with Crippen LogP contribution in [-0.2, 0) is 9.47 Å². The van der Waals surface area contributed by atoms with Gasteiger partial charge in [-0.25, -0.2) is 14.8 Å². The number of rotatable bonds is 9. The highest BCUT2D eigenvalue weighted by Gasteiger charge is 2.24. The van der Waals surface area contributed by atoms with Gasteiger partial charge in [-0.2, -0.15) is 0 Å². The zero-order chi connectivity index (χ0) is 24.5. The van der Waals surface area contributed by atoms with E-state index < -0.39 is 19.0 Å². The minimum Gasteiger partial charge on any atom is -0.457 e. The molecule has 12 heteroatoms. The third kappa shape index (κ3) is 6.64. The van der Waals surface area contributed by atoms with Gasteiger partial charge >= 0.3 is 6.16 Å². The molecule has 10 nitrogen and oxygen atoms in total. The van der Waals surface area contributed by atoms with Crippen molar-refractivity contribution < 1.29 is 19.0 Å². The molecule has 2 aromatic carbocycles. The first kappa shape index (κ1) is 24.9. The lowest BCUT2D eigenvalue weighted by Gasteiger charge is -2.24. The summed E-state index contributed by atoms with van der Waals surface area (Å²) in [7, 11) is 0. The van der Waals surface area contributed by atoms with Crippen molar-refractivity contribution in [3.63, 3.8) is 0 Å². The van der Waals surface area contributed by atoms with Gasteiger partial charge in [0.2, 0.25) is 12.7 Å². The molecule has 3 rings (SSSR count). The number of halogens is 2. The highest BCUT2D eigenvalue weighted by Crippen LogP contribution is 2.40. The van der Waals surface area contributed by atoms with Gasteiger partial charge in [0.25, 0.3) is 0 Å². The van der Waals surface area contributed by atoms with Crippen LogP contribution in [0.25, 0.3) is 10.4 Å². The Hall–Kier alpha value is -3.72. The quantitative estimate of drug-likeness (QED) is 0.111. The Morgan fingerprint density at radius 2 is 1.91 bits per heavy atom. The topological polar surface area (TPSA) is 131 Å². The summed E-state index contributed by atoms with van der Waals surface area (Å²) in [4.78, 5) is 22.9. The number of carbonyl (C=O) groups is 1. The molecule has 34 heavy (non-hydrogen) atoms. The molecule has 0 aliphatic heterocycles. The maximum atomic E-state index is 11.7. The summed E-state index contributed by atoms with van der Waals surface area (Å²) in [6.07, 6.45) is 1.97. The molecule has 0 bridgehead atoms. The number of benzene rings is 2. The molecule has 1 aromatic heterocycles. The number of nitrogens with one attached hydrogen (secondary N) is 1. The van der Waals surface area contributed by atoms with Crippen LogP contribution in [-0.4, -0.2) is 29.0 Å². The summed E-state index contributed by atoms with van der Waals surface area (Å²) in [6.45, 7) is 3.01. The second kappa shape index (κ2) is 11.9. The van der Waals surface area contributed by atoms with Crippen LogP contribution in [0.2, 0.25) is 10.0 Å². The first-order valence-corrected chi connectivity index (χ1v) is 10.8. The number of hydrogen-bond donors (Lipinski definition) is 1. The Morgan fingerprint density at radius 1 is 1.15 bits per heavy atom. The van der Waals surface area contributed by atoms with E-state index in [4.69, 9.17) is 42.9 Å². The van der Waals surface area contributed by atoms with Crippen molar-refractivity contribution in [2.75, 3.05) is 12.1 Å². The van der Waals surface area contributed by atoms with E-state index in [0.29, 0.717) is 27.8 Å². The van der Waals surface area contributed by atoms with E-state index in [1.54, 1.807) is 68.7 Å². The summed E-state index contributed by atoms with van der Waals surface area (Å²) >= 11 is 12.9. The molecule has 0 radical (unpaired) electrons. The van der Waals surface area contributed by atoms with Crippen molar-refractivity contribution in [1.82, 2.24) is 9.97 Å². The molecule has 0 saturated carbocycles. The van der Waals surface area contributed by atoms with Crippen molar-refractivity contribution >= 4 is 41.0 Å². The van der Waals surface area contributed by atoms with Crippen LogP contribution >= 0.6 is 23.2 Å². The Morgan fingerprint density at radius 3 is 2.62 bits per heavy atom. The molecule has 0 aliphatic rings. The van der Waals surface area contributed by atoms with Crippen molar-refractivity contribution in [3.8, 4) is 5.75 Å². The van der Waals surface area contributed by atoms with Crippen molar-refractivity contribution in [1.29, 1.82) is 0 Å². The molecule has 0 fully saturated rings. The fraction of sp³-hybridized carbons (Fsp3) is 0.227. The van der Waals surface area contributed by atoms with Gasteiger partial charge in [0.15, 0.2) is 0 Å². The van der Waals surface area contributed by atoms with Gasteiger partial charge < -0.3 is 19.5 Å². The molecular weight excluding hydrogens is 483 g/mol. The SMILES string of the molecule is CC(C)OC(=O)OCOc1ccc(Cl)cc1C(Nc1ncccn1)c1cccc(N=[N+]=[N-])c1Cl. The molecular formula is C22H20Cl2N6O4. The number of aromatic nitrogens is 2. The second-order valence-electron chi connectivity index (χ2n) is 7.02. The zero-order valence-corrected chi connectivity index (χ0v) is 19.7. The van der Waals surface area contributed by atoms with Crippen LogP contribution in [0.3, 0.4) is 0 Å². The Balaban J connectivity index is 2.01. The first-order valence-electron chi connectivity index (χ1n) is 10.0. The lowest BCUT2D eigenvalue weighted by molar-refractivity contribution is -0.00845. The molecule has 0 amide bonds. The highest BCUT2D eigenvalue weighted by molar-refractivity contribution is 6.34. The van der Waals surface area contributed by atoms with Gasteiger partial charge in [-0.1, -0.05) is 46.5 Å². The summed E-state index contributed by atoms with van der Waals surface area (Å²) < 4.78 is 15.6. The van der Waals surface area contributed by atoms with Gasteiger partial charge in [0.1, 0.15) is 5.75 Å². The average Bonchev–Trinajstić information content (AvgIpc) is 2.80. The summed E-state index contributed by atoms with van der Waals surface area (Å²) in [6, 6.07) is 11.0. The van der Waals surface area contributed by atoms with Crippen molar-refractivity contribution in [2.45, 2.75) is 26.0 Å². The number of carbonyl (C=O) groups excluding carboxylic acids is 1. The van der Waals surface area contributed by atoms with Gasteiger partial charge in [0, 0.05) is 27.9 Å². The maximum Gasteiger partial charge on any atom is 0.511 e. The average molecular weight is 503 g/mol. The number of azide groups is 1. The van der Waals surface area contributed by atoms with Crippen LogP contribution in [0.5, 0.6) is 5.75 Å². The number of ether oxygens (including phenoxy) is 3. The third-order valence-corrected chi connectivity index (χ3v) is 4.96. The predicted molar refractivity (Wildman–Crippen MR) is 127 cm³/mol. The minimum absolute atomic E-state index is 0.219. The molecule has 176 valence electrons. The lowest BCUT2D eigenvalue weighted by atomic mass is 9.97. The Kier molecular flexibility index (Phi) is 8.75. The van der Waals surface area contributed by atoms with E-state index in [9.17, 15) is 4.79 Å². The zero-order valence-electron chi connectivity index (χ0n) is 18.2. The molecule has 3 aromatic rings. The van der Waals surface area contributed by atoms with Gasteiger partial charge in [0.05, 0.1) is 22.9 Å². The Labute approximate surface area is 205 Å². The fourth-order valence-electron chi connectivity index (χ4n) is 2.96. The van der Waals surface area contributed by atoms with Gasteiger partial charge in [-0.05, 0) is 49.2 Å². The maximum absolute atomic E-state index is 11.7. The van der Waals surface area contributed by atoms with E-state index in [1.165, 1.54) is 0 Å². The normalized spacial score (nSPS) is 11.3. The minimum atomic E-state index is -0.858. The molecule has 0 aliphatic carbocycles. The van der Waals surface area contributed by atoms with Crippen LogP contribution in [0, 0.1) is 0 Å². The first-order chi connectivity index (χ1) is 16.4. The number of hydrogen-bond acceptors (Lipinski definition) is 8. The van der Waals surface area contributed by atoms with E-state index in [1.807, 2.05) is 0 Å². The smallest absolute Gasteiger partial charge is 0.457 e. The van der Waals surface area contributed by atoms with E-state index in [-0.39, 0.29) is 16.8 Å². The molecule has 0 spiro atoms. The monoisotopic (exact) mass is 502 g/mol. The molecule has 0 saturated heterocycles. The van der Waals surface area contributed by atoms with Crippen LogP contribution < -0.4 is 10.1 Å². The Bertz CT molecular complexity index is 1190. The summed E-state index contributed by atoms with van der Waals surface area (Å²) in [5.74, 6) is 0.654. The summed E-state index contributed by atoms with van der Waals surface area (Å²) in [5.41, 5.74) is 10.2. The molecule has 1 unspecified atom stereocenters. The van der Waals surface area contributed by atoms with Crippen LogP contribution in [0.15, 0.2) is 60.0 Å². The van der Waals surface area contributed by atoms with Crippen LogP contribution in [0.1, 0.15) is 31.0 Å². The predicted octanol–water partition coefficient (Wildman–Crippen LogP) is 6.82. The van der Waals surface area contributed by atoms with Gasteiger partial charge in [-0.3, -0.25) is 0 Å². The van der Waals surface area contributed by atoms with E-state index >= 15 is 0 Å². The second-order valence-corrected chi connectivity index (χ2v) is 7.84. The fourth-order valence-corrected chi connectivity index (χ4v) is 3.41. The number of nitrogens with zero attached hydrogens (tertiary/aromatic N) is 5. The molecule has 1 N–H and O–H groups in total. The van der Waals surface area contributed by atoms with Gasteiger partial charge in [-0.15, -0.1) is 0 Å².